The van der Waals surface area contributed by atoms with Crippen LogP contribution < -0.4 is 0 Å². The van der Waals surface area contributed by atoms with Crippen LogP contribution in [0.1, 0.15) is 44.0 Å². The Morgan fingerprint density at radius 3 is 2.50 bits per heavy atom. The Balaban J connectivity index is 2.52. The van der Waals surface area contributed by atoms with Crippen LogP contribution in [0.25, 0.3) is 0 Å². The van der Waals surface area contributed by atoms with E-state index in [4.69, 9.17) is 4.74 Å². The summed E-state index contributed by atoms with van der Waals surface area (Å²) in [5, 5.41) is 9.97. The number of carbonyl (C=O) groups is 1. The van der Waals surface area contributed by atoms with E-state index in [1.54, 1.807) is 24.3 Å². The quantitative estimate of drug-likeness (QED) is 0.789. The predicted molar refractivity (Wildman–Crippen MR) is 71.4 cm³/mol. The molecule has 0 aliphatic carbocycles. The Kier molecular flexibility index (Phi) is 5.35. The van der Waals surface area contributed by atoms with Crippen LogP contribution in [0.5, 0.6) is 0 Å². The lowest BCUT2D eigenvalue weighted by atomic mass is 9.85. The molecule has 0 amide bonds. The van der Waals surface area contributed by atoms with Gasteiger partial charge in [-0.3, -0.25) is 0 Å². The minimum atomic E-state index is -0.453. The van der Waals surface area contributed by atoms with E-state index in [0.717, 1.165) is 12.8 Å². The smallest absolute Gasteiger partial charge is 0.338 e. The molecule has 0 aromatic heterocycles. The van der Waals surface area contributed by atoms with Gasteiger partial charge in [-0.05, 0) is 18.6 Å². The number of benzene rings is 1. The zero-order valence-electron chi connectivity index (χ0n) is 11.3. The molecule has 1 rings (SSSR count). The molecule has 100 valence electrons. The molecule has 0 saturated carbocycles. The molecule has 3 heteroatoms. The van der Waals surface area contributed by atoms with Crippen LogP contribution in [-0.4, -0.2) is 23.8 Å². The third-order valence-corrected chi connectivity index (χ3v) is 3.05. The maximum absolute atomic E-state index is 11.8. The van der Waals surface area contributed by atoms with Crippen molar-refractivity contribution >= 4 is 5.97 Å². The van der Waals surface area contributed by atoms with Crippen molar-refractivity contribution in [3.63, 3.8) is 0 Å². The van der Waals surface area contributed by atoms with Gasteiger partial charge in [0.25, 0.3) is 0 Å². The first-order chi connectivity index (χ1) is 8.47. The highest BCUT2D eigenvalue weighted by Gasteiger charge is 2.28. The van der Waals surface area contributed by atoms with E-state index in [1.165, 1.54) is 0 Å². The van der Waals surface area contributed by atoms with E-state index in [-0.39, 0.29) is 12.6 Å². The molecule has 1 N–H and O–H groups in total. The van der Waals surface area contributed by atoms with Crippen molar-refractivity contribution in [3.05, 3.63) is 35.9 Å². The molecule has 3 nitrogen and oxygen atoms in total. The molecule has 0 saturated heterocycles. The standard InChI is InChI=1S/C15H22O3/c1-4-8-13(16)15(2,3)11-18-14(17)12-9-6-5-7-10-12/h5-7,9-10,13,16H,4,8,11H2,1-3H3/t13-/m1/s1. The van der Waals surface area contributed by atoms with E-state index < -0.39 is 11.5 Å². The first-order valence-corrected chi connectivity index (χ1v) is 6.37. The summed E-state index contributed by atoms with van der Waals surface area (Å²) < 4.78 is 5.26. The molecule has 1 aromatic carbocycles. The highest BCUT2D eigenvalue weighted by Crippen LogP contribution is 2.24. The summed E-state index contributed by atoms with van der Waals surface area (Å²) in [6.07, 6.45) is 1.18. The summed E-state index contributed by atoms with van der Waals surface area (Å²) in [6, 6.07) is 8.89. The third kappa shape index (κ3) is 4.15. The average Bonchev–Trinajstić information content (AvgIpc) is 2.37. The normalized spacial score (nSPS) is 13.1. The van der Waals surface area contributed by atoms with Gasteiger partial charge in [0.15, 0.2) is 0 Å². The van der Waals surface area contributed by atoms with Gasteiger partial charge in [-0.25, -0.2) is 4.79 Å². The second kappa shape index (κ2) is 6.55. The first kappa shape index (κ1) is 14.7. The number of aliphatic hydroxyl groups is 1. The van der Waals surface area contributed by atoms with E-state index in [0.29, 0.717) is 5.56 Å². The maximum atomic E-state index is 11.8. The molecule has 18 heavy (non-hydrogen) atoms. The Bertz CT molecular complexity index is 371. The lowest BCUT2D eigenvalue weighted by molar-refractivity contribution is -0.0164. The molecule has 0 aliphatic rings. The van der Waals surface area contributed by atoms with Gasteiger partial charge in [-0.15, -0.1) is 0 Å². The fraction of sp³-hybridized carbons (Fsp3) is 0.533. The molecule has 0 spiro atoms. The summed E-state index contributed by atoms with van der Waals surface area (Å²) in [5.41, 5.74) is 0.124. The Hall–Kier alpha value is -1.35. The molecule has 0 heterocycles. The Morgan fingerprint density at radius 2 is 1.94 bits per heavy atom. The van der Waals surface area contributed by atoms with Gasteiger partial charge < -0.3 is 9.84 Å². The van der Waals surface area contributed by atoms with Gasteiger partial charge in [-0.1, -0.05) is 45.4 Å². The van der Waals surface area contributed by atoms with Gasteiger partial charge in [0.05, 0.1) is 18.3 Å². The largest absolute Gasteiger partial charge is 0.461 e. The van der Waals surface area contributed by atoms with Gasteiger partial charge in [0.2, 0.25) is 0 Å². The van der Waals surface area contributed by atoms with Crippen LogP contribution in [0.15, 0.2) is 30.3 Å². The lowest BCUT2D eigenvalue weighted by Gasteiger charge is -2.29. The van der Waals surface area contributed by atoms with Crippen molar-refractivity contribution in [3.8, 4) is 0 Å². The molecule has 0 radical (unpaired) electrons. The number of ether oxygens (including phenoxy) is 1. The van der Waals surface area contributed by atoms with Crippen molar-refractivity contribution < 1.29 is 14.6 Å². The number of carbonyl (C=O) groups excluding carboxylic acids is 1. The van der Waals surface area contributed by atoms with Crippen molar-refractivity contribution in [1.82, 2.24) is 0 Å². The summed E-state index contributed by atoms with van der Waals surface area (Å²) in [5.74, 6) is -0.340. The summed E-state index contributed by atoms with van der Waals surface area (Å²) in [7, 11) is 0. The summed E-state index contributed by atoms with van der Waals surface area (Å²) >= 11 is 0. The second-order valence-corrected chi connectivity index (χ2v) is 5.24. The van der Waals surface area contributed by atoms with Crippen LogP contribution in [0, 0.1) is 5.41 Å². The molecule has 1 atom stereocenters. The first-order valence-electron chi connectivity index (χ1n) is 6.37. The van der Waals surface area contributed by atoms with Crippen LogP contribution in [0.2, 0.25) is 0 Å². The summed E-state index contributed by atoms with van der Waals surface area (Å²) in [6.45, 7) is 6.06. The number of esters is 1. The lowest BCUT2D eigenvalue weighted by Crippen LogP contribution is -2.34. The van der Waals surface area contributed by atoms with Gasteiger partial charge in [-0.2, -0.15) is 0 Å². The Labute approximate surface area is 109 Å². The van der Waals surface area contributed by atoms with Crippen molar-refractivity contribution in [2.75, 3.05) is 6.61 Å². The fourth-order valence-electron chi connectivity index (χ4n) is 1.67. The molecular weight excluding hydrogens is 228 g/mol. The molecule has 1 aromatic rings. The SMILES string of the molecule is CCC[C@@H](O)C(C)(C)COC(=O)c1ccccc1. The maximum Gasteiger partial charge on any atom is 0.338 e. The zero-order valence-corrected chi connectivity index (χ0v) is 11.3. The third-order valence-electron chi connectivity index (χ3n) is 3.05. The fourth-order valence-corrected chi connectivity index (χ4v) is 1.67. The van der Waals surface area contributed by atoms with Gasteiger partial charge >= 0.3 is 5.97 Å². The van der Waals surface area contributed by atoms with E-state index in [2.05, 4.69) is 0 Å². The van der Waals surface area contributed by atoms with Crippen molar-refractivity contribution in [1.29, 1.82) is 0 Å². The zero-order chi connectivity index (χ0) is 13.6. The number of rotatable bonds is 6. The topological polar surface area (TPSA) is 46.5 Å². The van der Waals surface area contributed by atoms with E-state index in [1.807, 2.05) is 26.8 Å². The second-order valence-electron chi connectivity index (χ2n) is 5.24. The van der Waals surface area contributed by atoms with Crippen LogP contribution in [-0.2, 0) is 4.74 Å². The van der Waals surface area contributed by atoms with Crippen molar-refractivity contribution in [2.24, 2.45) is 5.41 Å². The molecule has 0 aliphatic heterocycles. The van der Waals surface area contributed by atoms with Crippen molar-refractivity contribution in [2.45, 2.75) is 39.7 Å². The summed E-state index contributed by atoms with van der Waals surface area (Å²) in [4.78, 5) is 11.8. The highest BCUT2D eigenvalue weighted by molar-refractivity contribution is 5.89. The molecule has 0 unspecified atom stereocenters. The van der Waals surface area contributed by atoms with E-state index >= 15 is 0 Å². The van der Waals surface area contributed by atoms with Crippen LogP contribution in [0.4, 0.5) is 0 Å². The van der Waals surface area contributed by atoms with Gasteiger partial charge in [0, 0.05) is 5.41 Å². The van der Waals surface area contributed by atoms with Crippen LogP contribution >= 0.6 is 0 Å². The number of hydrogen-bond donors (Lipinski definition) is 1. The molecule has 0 bridgehead atoms. The number of aliphatic hydroxyl groups excluding tert-OH is 1. The highest BCUT2D eigenvalue weighted by atomic mass is 16.5. The molecule has 0 fully saturated rings. The van der Waals surface area contributed by atoms with E-state index in [9.17, 15) is 9.90 Å². The minimum absolute atomic E-state index is 0.224. The predicted octanol–water partition coefficient (Wildman–Crippen LogP) is 3.03. The Morgan fingerprint density at radius 1 is 1.33 bits per heavy atom. The number of hydrogen-bond acceptors (Lipinski definition) is 3. The van der Waals surface area contributed by atoms with Crippen LogP contribution in [0.3, 0.4) is 0 Å². The molecular formula is C15H22O3. The minimum Gasteiger partial charge on any atom is -0.461 e. The van der Waals surface area contributed by atoms with Gasteiger partial charge in [0.1, 0.15) is 0 Å². The monoisotopic (exact) mass is 250 g/mol. The average molecular weight is 250 g/mol.